The molecule has 4 aromatic rings. The zero-order chi connectivity index (χ0) is 18.1. The highest BCUT2D eigenvalue weighted by Gasteiger charge is 2.12. The van der Waals surface area contributed by atoms with Crippen LogP contribution in [0.5, 0.6) is 0 Å². The number of hydrogen-bond donors (Lipinski definition) is 0. The third-order valence-electron chi connectivity index (χ3n) is 5.16. The Morgan fingerprint density at radius 1 is 0.615 bits per heavy atom. The molecule has 0 N–H and O–H groups in total. The van der Waals surface area contributed by atoms with Gasteiger partial charge in [0.15, 0.2) is 0 Å². The zero-order valence-electron chi connectivity index (χ0n) is 15.2. The molecule has 4 aromatic carbocycles. The van der Waals surface area contributed by atoms with Gasteiger partial charge in [0.05, 0.1) is 0 Å². The van der Waals surface area contributed by atoms with E-state index in [0.29, 0.717) is 11.5 Å². The summed E-state index contributed by atoms with van der Waals surface area (Å²) in [5.41, 5.74) is 4.84. The van der Waals surface area contributed by atoms with E-state index in [9.17, 15) is 4.21 Å². The van der Waals surface area contributed by atoms with Gasteiger partial charge in [0.25, 0.3) is 0 Å². The second-order valence-electron chi connectivity index (χ2n) is 6.89. The molecule has 0 atom stereocenters. The van der Waals surface area contributed by atoms with Crippen molar-refractivity contribution in [3.8, 4) is 0 Å². The summed E-state index contributed by atoms with van der Waals surface area (Å²) in [6.45, 7) is 4.23. The van der Waals surface area contributed by atoms with Crippen LogP contribution in [0.4, 0.5) is 0 Å². The molecule has 26 heavy (non-hydrogen) atoms. The molecule has 0 heterocycles. The Kier molecular flexibility index (Phi) is 4.60. The van der Waals surface area contributed by atoms with Crippen molar-refractivity contribution >= 4 is 32.3 Å². The van der Waals surface area contributed by atoms with E-state index in [2.05, 4.69) is 86.6 Å². The van der Waals surface area contributed by atoms with Crippen molar-refractivity contribution in [3.05, 3.63) is 95.1 Å². The molecule has 0 aliphatic carbocycles. The molecule has 0 bridgehead atoms. The molecule has 0 aliphatic rings. The Hall–Kier alpha value is -2.45. The second-order valence-corrected chi connectivity index (χ2v) is 8.35. The zero-order valence-corrected chi connectivity index (χ0v) is 16.0. The SMILES string of the molecule is Cc1ccc2ccccc2c1CS(=O)Cc1c(C)ccc2ccccc12. The van der Waals surface area contributed by atoms with Crippen LogP contribution < -0.4 is 0 Å². The van der Waals surface area contributed by atoms with Crippen LogP contribution in [0.2, 0.25) is 0 Å². The Morgan fingerprint density at radius 2 is 1.04 bits per heavy atom. The van der Waals surface area contributed by atoms with Crippen LogP contribution in [0, 0.1) is 13.8 Å². The predicted octanol–water partition coefficient (Wildman–Crippen LogP) is 6.06. The molecule has 0 aromatic heterocycles. The quantitative estimate of drug-likeness (QED) is 0.433. The molecule has 0 unspecified atom stereocenters. The third-order valence-corrected chi connectivity index (χ3v) is 6.38. The molecule has 130 valence electrons. The lowest BCUT2D eigenvalue weighted by atomic mass is 10.0. The topological polar surface area (TPSA) is 17.1 Å². The summed E-state index contributed by atoms with van der Waals surface area (Å²) in [5, 5.41) is 4.86. The van der Waals surface area contributed by atoms with Crippen LogP contribution in [0.1, 0.15) is 22.3 Å². The molecule has 0 amide bonds. The minimum Gasteiger partial charge on any atom is -0.259 e. The van der Waals surface area contributed by atoms with E-state index in [1.165, 1.54) is 43.8 Å². The molecule has 2 heteroatoms. The highest BCUT2D eigenvalue weighted by atomic mass is 32.2. The van der Waals surface area contributed by atoms with E-state index < -0.39 is 10.8 Å². The van der Waals surface area contributed by atoms with Crippen LogP contribution in [-0.2, 0) is 22.3 Å². The molecule has 0 spiro atoms. The number of rotatable bonds is 4. The maximum Gasteiger partial charge on any atom is 0.0497 e. The van der Waals surface area contributed by atoms with Gasteiger partial charge in [0, 0.05) is 22.3 Å². The summed E-state index contributed by atoms with van der Waals surface area (Å²) in [6.07, 6.45) is 0. The lowest BCUT2D eigenvalue weighted by Crippen LogP contribution is -2.04. The number of fused-ring (bicyclic) bond motifs is 2. The van der Waals surface area contributed by atoms with E-state index in [-0.39, 0.29) is 0 Å². The summed E-state index contributed by atoms with van der Waals surface area (Å²) < 4.78 is 13.1. The Morgan fingerprint density at radius 3 is 1.50 bits per heavy atom. The highest BCUT2D eigenvalue weighted by molar-refractivity contribution is 7.83. The van der Waals surface area contributed by atoms with Gasteiger partial charge in [0.1, 0.15) is 0 Å². The largest absolute Gasteiger partial charge is 0.259 e. The van der Waals surface area contributed by atoms with Crippen molar-refractivity contribution in [2.24, 2.45) is 0 Å². The van der Waals surface area contributed by atoms with Crippen molar-refractivity contribution in [2.75, 3.05) is 0 Å². The van der Waals surface area contributed by atoms with E-state index in [1.54, 1.807) is 0 Å². The first kappa shape index (κ1) is 17.0. The van der Waals surface area contributed by atoms with Crippen LogP contribution in [0.15, 0.2) is 72.8 Å². The molecular formula is C24H22OS. The molecular weight excluding hydrogens is 336 g/mol. The summed E-state index contributed by atoms with van der Waals surface area (Å²) >= 11 is 0. The molecule has 1 nitrogen and oxygen atoms in total. The molecule has 0 saturated heterocycles. The summed E-state index contributed by atoms with van der Waals surface area (Å²) in [5.74, 6) is 1.19. The van der Waals surface area contributed by atoms with Crippen LogP contribution in [0.3, 0.4) is 0 Å². The second kappa shape index (κ2) is 7.05. The highest BCUT2D eigenvalue weighted by Crippen LogP contribution is 2.27. The normalized spacial score (nSPS) is 11.5. The van der Waals surface area contributed by atoms with E-state index in [0.717, 1.165) is 0 Å². The molecule has 0 aliphatic heterocycles. The van der Waals surface area contributed by atoms with Gasteiger partial charge in [-0.25, -0.2) is 0 Å². The lowest BCUT2D eigenvalue weighted by molar-refractivity contribution is 0.682. The summed E-state index contributed by atoms with van der Waals surface area (Å²) in [7, 11) is -0.955. The van der Waals surface area contributed by atoms with Crippen LogP contribution >= 0.6 is 0 Å². The van der Waals surface area contributed by atoms with Gasteiger partial charge in [0.2, 0.25) is 0 Å². The maximum atomic E-state index is 13.1. The van der Waals surface area contributed by atoms with Crippen LogP contribution in [-0.4, -0.2) is 4.21 Å². The monoisotopic (exact) mass is 358 g/mol. The van der Waals surface area contributed by atoms with Gasteiger partial charge >= 0.3 is 0 Å². The first-order chi connectivity index (χ1) is 12.6. The first-order valence-electron chi connectivity index (χ1n) is 8.93. The molecule has 0 radical (unpaired) electrons. The van der Waals surface area contributed by atoms with Gasteiger partial charge in [-0.15, -0.1) is 0 Å². The summed E-state index contributed by atoms with van der Waals surface area (Å²) in [6, 6.07) is 25.3. The lowest BCUT2D eigenvalue weighted by Gasteiger charge is -2.13. The van der Waals surface area contributed by atoms with Crippen molar-refractivity contribution < 1.29 is 4.21 Å². The minimum atomic E-state index is -0.955. The maximum absolute atomic E-state index is 13.1. The number of hydrogen-bond acceptors (Lipinski definition) is 1. The smallest absolute Gasteiger partial charge is 0.0497 e. The first-order valence-corrected chi connectivity index (χ1v) is 10.4. The Labute approximate surface area is 157 Å². The van der Waals surface area contributed by atoms with Crippen molar-refractivity contribution in [1.82, 2.24) is 0 Å². The number of benzene rings is 4. The van der Waals surface area contributed by atoms with Gasteiger partial charge < -0.3 is 0 Å². The van der Waals surface area contributed by atoms with E-state index in [4.69, 9.17) is 0 Å². The average molecular weight is 359 g/mol. The van der Waals surface area contributed by atoms with E-state index in [1.807, 2.05) is 0 Å². The Bertz CT molecular complexity index is 1040. The molecule has 0 fully saturated rings. The Balaban J connectivity index is 1.69. The van der Waals surface area contributed by atoms with Crippen LogP contribution in [0.25, 0.3) is 21.5 Å². The summed E-state index contributed by atoms with van der Waals surface area (Å²) in [4.78, 5) is 0. The predicted molar refractivity (Wildman–Crippen MR) is 113 cm³/mol. The molecule has 4 rings (SSSR count). The van der Waals surface area contributed by atoms with Gasteiger partial charge in [-0.05, 0) is 57.6 Å². The third kappa shape index (κ3) is 3.17. The van der Waals surface area contributed by atoms with Crippen molar-refractivity contribution in [3.63, 3.8) is 0 Å². The standard InChI is InChI=1S/C24H22OS/c1-17-11-13-19-7-3-5-9-21(19)23(17)15-26(25)16-24-18(2)12-14-20-8-4-6-10-22(20)24/h3-14H,15-16H2,1-2H3. The fraction of sp³-hybridized carbons (Fsp3) is 0.167. The van der Waals surface area contributed by atoms with Crippen molar-refractivity contribution in [2.45, 2.75) is 25.4 Å². The fourth-order valence-corrected chi connectivity index (χ4v) is 5.16. The van der Waals surface area contributed by atoms with Gasteiger partial charge in [-0.3, -0.25) is 4.21 Å². The molecule has 0 saturated carbocycles. The van der Waals surface area contributed by atoms with E-state index >= 15 is 0 Å². The fourth-order valence-electron chi connectivity index (χ4n) is 3.65. The van der Waals surface area contributed by atoms with Crippen molar-refractivity contribution in [1.29, 1.82) is 0 Å². The number of aryl methyl sites for hydroxylation is 2. The minimum absolute atomic E-state index is 0.593. The average Bonchev–Trinajstić information content (AvgIpc) is 2.66. The van der Waals surface area contributed by atoms with Gasteiger partial charge in [-0.1, -0.05) is 72.8 Å². The van der Waals surface area contributed by atoms with Gasteiger partial charge in [-0.2, -0.15) is 0 Å².